The summed E-state index contributed by atoms with van der Waals surface area (Å²) in [6.45, 7) is 0. The van der Waals surface area contributed by atoms with Gasteiger partial charge in [0.05, 0.1) is 9.95 Å². The first-order chi connectivity index (χ1) is 13.9. The van der Waals surface area contributed by atoms with Crippen LogP contribution in [0.15, 0.2) is 69.1 Å². The van der Waals surface area contributed by atoms with Crippen LogP contribution in [0.4, 0.5) is 11.4 Å². The van der Waals surface area contributed by atoms with Gasteiger partial charge in [-0.15, -0.1) is 0 Å². The molecule has 0 aliphatic rings. The Bertz CT molecular complexity index is 1170. The highest BCUT2D eigenvalue weighted by atomic mass is 79.9. The number of hydrogen-bond acceptors (Lipinski definition) is 5. The van der Waals surface area contributed by atoms with Gasteiger partial charge in [-0.05, 0) is 46.3 Å². The molecule has 3 rings (SSSR count). The number of nitro groups is 1. The maximum atomic E-state index is 12.3. The third-order valence-corrected chi connectivity index (χ3v) is 5.16. The topological polar surface area (TPSA) is 109 Å². The Labute approximate surface area is 178 Å². The minimum Gasteiger partial charge on any atom is -0.457 e. The average molecular weight is 473 g/mol. The second-order valence-electron chi connectivity index (χ2n) is 5.74. The molecule has 0 fully saturated rings. The van der Waals surface area contributed by atoms with Crippen molar-refractivity contribution in [1.82, 2.24) is 0 Å². The van der Waals surface area contributed by atoms with Crippen LogP contribution in [0.3, 0.4) is 0 Å². The number of carbonyl (C=O) groups is 1. The van der Waals surface area contributed by atoms with Crippen LogP contribution in [-0.2, 0) is 4.79 Å². The maximum absolute atomic E-state index is 12.3. The SMILES string of the molecule is N#C/C(=C/c1ccc(-c2cc(Cl)c(Br)c([N+](=O)[O-])c2)o1)C(=O)Nc1ccccc1. The van der Waals surface area contributed by atoms with Gasteiger partial charge in [0.1, 0.15) is 27.6 Å². The van der Waals surface area contributed by atoms with E-state index >= 15 is 0 Å². The number of rotatable bonds is 5. The Kier molecular flexibility index (Phi) is 6.12. The zero-order chi connectivity index (χ0) is 21.0. The fourth-order valence-electron chi connectivity index (χ4n) is 2.45. The molecule has 1 aromatic heterocycles. The van der Waals surface area contributed by atoms with Crippen LogP contribution in [-0.4, -0.2) is 10.8 Å². The van der Waals surface area contributed by atoms with Crippen molar-refractivity contribution in [3.05, 3.63) is 85.5 Å². The number of benzene rings is 2. The minimum atomic E-state index is -0.584. The molecular formula is C20H11BrClN3O4. The van der Waals surface area contributed by atoms with Crippen LogP contribution >= 0.6 is 27.5 Å². The molecule has 1 amide bonds. The molecule has 0 radical (unpaired) electrons. The van der Waals surface area contributed by atoms with E-state index in [4.69, 9.17) is 16.0 Å². The molecule has 0 spiro atoms. The van der Waals surface area contributed by atoms with Gasteiger partial charge in [0.2, 0.25) is 0 Å². The number of amides is 1. The highest BCUT2D eigenvalue weighted by molar-refractivity contribution is 9.10. The second kappa shape index (κ2) is 8.73. The van der Waals surface area contributed by atoms with Gasteiger partial charge < -0.3 is 9.73 Å². The van der Waals surface area contributed by atoms with Crippen LogP contribution in [0, 0.1) is 21.4 Å². The number of nitrogens with zero attached hydrogens (tertiary/aromatic N) is 2. The summed E-state index contributed by atoms with van der Waals surface area (Å²) in [6.07, 6.45) is 1.29. The van der Waals surface area contributed by atoms with Crippen molar-refractivity contribution < 1.29 is 14.1 Å². The molecule has 0 atom stereocenters. The van der Waals surface area contributed by atoms with Crippen LogP contribution in [0.2, 0.25) is 5.02 Å². The standard InChI is InChI=1S/C20H11BrClN3O4/c21-19-16(22)9-12(10-17(19)25(27)28)18-7-6-15(29-18)8-13(11-23)20(26)24-14-4-2-1-3-5-14/h1-10H,(H,24,26)/b13-8-. The van der Waals surface area contributed by atoms with Gasteiger partial charge in [0.25, 0.3) is 11.6 Å². The number of nitriles is 1. The first-order valence-electron chi connectivity index (χ1n) is 8.11. The average Bonchev–Trinajstić information content (AvgIpc) is 3.17. The van der Waals surface area contributed by atoms with Crippen LogP contribution in [0.5, 0.6) is 0 Å². The lowest BCUT2D eigenvalue weighted by molar-refractivity contribution is -0.385. The lowest BCUT2D eigenvalue weighted by Crippen LogP contribution is -2.13. The Morgan fingerprint density at radius 2 is 1.97 bits per heavy atom. The van der Waals surface area contributed by atoms with Gasteiger partial charge in [0.15, 0.2) is 0 Å². The number of anilines is 1. The molecule has 0 saturated heterocycles. The summed E-state index contributed by atoms with van der Waals surface area (Å²) in [4.78, 5) is 22.9. The maximum Gasteiger partial charge on any atom is 0.285 e. The fraction of sp³-hybridized carbons (Fsp3) is 0. The predicted octanol–water partition coefficient (Wildman–Crippen LogP) is 5.82. The van der Waals surface area contributed by atoms with E-state index in [0.717, 1.165) is 0 Å². The third kappa shape index (κ3) is 4.71. The summed E-state index contributed by atoms with van der Waals surface area (Å²) >= 11 is 9.13. The van der Waals surface area contributed by atoms with E-state index in [-0.39, 0.29) is 26.5 Å². The molecule has 0 aliphatic heterocycles. The first-order valence-corrected chi connectivity index (χ1v) is 9.28. The zero-order valence-corrected chi connectivity index (χ0v) is 16.9. The van der Waals surface area contributed by atoms with Crippen molar-refractivity contribution in [3.8, 4) is 17.4 Å². The molecule has 0 unspecified atom stereocenters. The summed E-state index contributed by atoms with van der Waals surface area (Å²) in [5.74, 6) is -0.0464. The number of halogens is 2. The molecule has 1 N–H and O–H groups in total. The lowest BCUT2D eigenvalue weighted by Gasteiger charge is -2.03. The van der Waals surface area contributed by atoms with Gasteiger partial charge in [-0.2, -0.15) is 5.26 Å². The normalized spacial score (nSPS) is 11.0. The molecule has 144 valence electrons. The molecule has 0 bridgehead atoms. The third-order valence-electron chi connectivity index (χ3n) is 3.80. The lowest BCUT2D eigenvalue weighted by atomic mass is 10.1. The van der Waals surface area contributed by atoms with E-state index < -0.39 is 10.8 Å². The van der Waals surface area contributed by atoms with Gasteiger partial charge in [-0.25, -0.2) is 0 Å². The van der Waals surface area contributed by atoms with E-state index in [1.165, 1.54) is 18.2 Å². The summed E-state index contributed by atoms with van der Waals surface area (Å²) in [7, 11) is 0. The van der Waals surface area contributed by atoms with Gasteiger partial charge in [0, 0.05) is 23.4 Å². The largest absolute Gasteiger partial charge is 0.457 e. The second-order valence-corrected chi connectivity index (χ2v) is 6.94. The minimum absolute atomic E-state index is 0.155. The van der Waals surface area contributed by atoms with Crippen LogP contribution in [0.1, 0.15) is 5.76 Å². The van der Waals surface area contributed by atoms with E-state index in [1.807, 2.05) is 6.07 Å². The van der Waals surface area contributed by atoms with E-state index in [1.54, 1.807) is 42.5 Å². The molecule has 7 nitrogen and oxygen atoms in total. The Morgan fingerprint density at radius 1 is 1.24 bits per heavy atom. The molecular weight excluding hydrogens is 462 g/mol. The molecule has 29 heavy (non-hydrogen) atoms. The highest BCUT2D eigenvalue weighted by Crippen LogP contribution is 2.37. The number of carbonyl (C=O) groups excluding carboxylic acids is 1. The summed E-state index contributed by atoms with van der Waals surface area (Å²) in [5, 5.41) is 23.2. The van der Waals surface area contributed by atoms with Crippen molar-refractivity contribution in [2.75, 3.05) is 5.32 Å². The van der Waals surface area contributed by atoms with Crippen molar-refractivity contribution >= 4 is 50.9 Å². The molecule has 0 saturated carbocycles. The summed E-state index contributed by atoms with van der Waals surface area (Å²) in [5.41, 5.74) is 0.572. The molecule has 2 aromatic carbocycles. The number of nitrogens with one attached hydrogen (secondary N) is 1. The van der Waals surface area contributed by atoms with Crippen molar-refractivity contribution in [2.24, 2.45) is 0 Å². The number of furan rings is 1. The molecule has 3 aromatic rings. The number of hydrogen-bond donors (Lipinski definition) is 1. The van der Waals surface area contributed by atoms with Crippen molar-refractivity contribution in [3.63, 3.8) is 0 Å². The van der Waals surface area contributed by atoms with Gasteiger partial charge in [-0.3, -0.25) is 14.9 Å². The number of para-hydroxylation sites is 1. The molecule has 1 heterocycles. The highest BCUT2D eigenvalue weighted by Gasteiger charge is 2.19. The van der Waals surface area contributed by atoms with Crippen LogP contribution < -0.4 is 5.32 Å². The fourth-order valence-corrected chi connectivity index (χ4v) is 3.03. The van der Waals surface area contributed by atoms with E-state index in [9.17, 15) is 20.2 Å². The smallest absolute Gasteiger partial charge is 0.285 e. The Balaban J connectivity index is 1.88. The van der Waals surface area contributed by atoms with E-state index in [2.05, 4.69) is 21.2 Å². The summed E-state index contributed by atoms with van der Waals surface area (Å²) < 4.78 is 5.80. The quantitative estimate of drug-likeness (QED) is 0.218. The molecule has 9 heteroatoms. The van der Waals surface area contributed by atoms with Gasteiger partial charge in [-0.1, -0.05) is 29.8 Å². The van der Waals surface area contributed by atoms with Crippen molar-refractivity contribution in [1.29, 1.82) is 5.26 Å². The Morgan fingerprint density at radius 3 is 2.62 bits per heavy atom. The monoisotopic (exact) mass is 471 g/mol. The zero-order valence-electron chi connectivity index (χ0n) is 14.6. The Hall–Kier alpha value is -3.41. The summed E-state index contributed by atoms with van der Waals surface area (Å²) in [6, 6.07) is 16.5. The first kappa shape index (κ1) is 20.3. The predicted molar refractivity (Wildman–Crippen MR) is 112 cm³/mol. The van der Waals surface area contributed by atoms with E-state index in [0.29, 0.717) is 17.0 Å². The van der Waals surface area contributed by atoms with Gasteiger partial charge >= 0.3 is 0 Å². The molecule has 0 aliphatic carbocycles. The number of nitro benzene ring substituents is 1. The van der Waals surface area contributed by atoms with Crippen LogP contribution in [0.25, 0.3) is 17.4 Å². The van der Waals surface area contributed by atoms with Crippen molar-refractivity contribution in [2.45, 2.75) is 0 Å².